The fourth-order valence-corrected chi connectivity index (χ4v) is 16.2. The number of hydrogen-bond donors (Lipinski definition) is 7. The first-order valence-corrected chi connectivity index (χ1v) is 30.4. The Morgan fingerprint density at radius 2 is 1.12 bits per heavy atom. The molecule has 10 fully saturated rings. The van der Waals surface area contributed by atoms with Crippen molar-refractivity contribution < 1.29 is 97.3 Å². The van der Waals surface area contributed by atoms with Crippen molar-refractivity contribution in [1.82, 2.24) is 0 Å². The summed E-state index contributed by atoms with van der Waals surface area (Å²) in [6, 6.07) is 0. The molecular weight excluding hydrogens is 1040 g/mol. The van der Waals surface area contributed by atoms with Crippen LogP contribution in [0.3, 0.4) is 0 Å². The van der Waals surface area contributed by atoms with Crippen LogP contribution in [0.1, 0.15) is 105 Å². The summed E-state index contributed by atoms with van der Waals surface area (Å²) in [6.45, 7) is 10.2. The zero-order chi connectivity index (χ0) is 55.5. The van der Waals surface area contributed by atoms with Crippen LogP contribution in [0.15, 0.2) is 48.6 Å². The summed E-state index contributed by atoms with van der Waals surface area (Å²) in [5.41, 5.74) is -1.05. The van der Waals surface area contributed by atoms with E-state index in [1.165, 1.54) is 6.08 Å². The van der Waals surface area contributed by atoms with E-state index < -0.39 is 152 Å². The van der Waals surface area contributed by atoms with Gasteiger partial charge in [0.2, 0.25) is 0 Å². The van der Waals surface area contributed by atoms with Gasteiger partial charge in [-0.2, -0.15) is 0 Å². The molecule has 0 aromatic heterocycles. The fourth-order valence-electron chi connectivity index (χ4n) is 16.2. The monoisotopic (exact) mass is 1130 g/mol. The molecule has 1 spiro atoms. The predicted octanol–water partition coefficient (Wildman–Crippen LogP) is 2.16. The Labute approximate surface area is 468 Å². The van der Waals surface area contributed by atoms with Crippen LogP contribution < -0.4 is 0 Å². The van der Waals surface area contributed by atoms with Crippen molar-refractivity contribution in [2.24, 2.45) is 23.7 Å². The van der Waals surface area contributed by atoms with Gasteiger partial charge >= 0.3 is 0 Å². The van der Waals surface area contributed by atoms with Crippen molar-refractivity contribution in [2.75, 3.05) is 13.2 Å². The second kappa shape index (κ2) is 22.8. The minimum atomic E-state index is -1.07. The highest BCUT2D eigenvalue weighted by atomic mass is 16.7. The zero-order valence-corrected chi connectivity index (χ0v) is 46.7. The number of fused-ring (bicyclic) bond motifs is 11. The molecule has 13 aliphatic rings. The second-order valence-electron chi connectivity index (χ2n) is 26.4. The van der Waals surface area contributed by atoms with E-state index in [2.05, 4.69) is 32.9 Å². The van der Waals surface area contributed by atoms with Crippen molar-refractivity contribution in [3.8, 4) is 0 Å². The molecule has 0 radical (unpaired) electrons. The topological polar surface area (TPSA) is 262 Å². The van der Waals surface area contributed by atoms with Crippen molar-refractivity contribution in [2.45, 2.75) is 288 Å². The molecule has 20 heteroatoms. The number of ether oxygens (including phenoxy) is 13. The van der Waals surface area contributed by atoms with E-state index >= 15 is 0 Å². The molecular formula is C60H88O20. The number of hydrogen-bond acceptors (Lipinski definition) is 20. The highest BCUT2D eigenvalue weighted by Crippen LogP contribution is 2.52. The zero-order valence-electron chi connectivity index (χ0n) is 46.7. The van der Waals surface area contributed by atoms with Gasteiger partial charge in [-0.05, 0) is 44.4 Å². The average Bonchev–Trinajstić information content (AvgIpc) is 3.52. The normalized spacial score (nSPS) is 57.4. The van der Waals surface area contributed by atoms with Gasteiger partial charge in [0.15, 0.2) is 5.79 Å². The van der Waals surface area contributed by atoms with E-state index in [-0.39, 0.29) is 86.2 Å². The lowest BCUT2D eigenvalue weighted by atomic mass is 9.75. The minimum absolute atomic E-state index is 0.0365. The maximum atomic E-state index is 12.4. The number of aliphatic hydroxyl groups is 7. The van der Waals surface area contributed by atoms with Crippen LogP contribution in [0.2, 0.25) is 0 Å². The third-order valence-electron chi connectivity index (χ3n) is 20.9. The van der Waals surface area contributed by atoms with Gasteiger partial charge in [0.05, 0.1) is 135 Å². The quantitative estimate of drug-likeness (QED) is 0.200. The molecule has 13 aliphatic heterocycles. The lowest BCUT2D eigenvalue weighted by Crippen LogP contribution is -2.64. The minimum Gasteiger partial charge on any atom is -0.393 e. The highest BCUT2D eigenvalue weighted by Gasteiger charge is 2.63. The summed E-state index contributed by atoms with van der Waals surface area (Å²) in [4.78, 5) is 0. The van der Waals surface area contributed by atoms with Gasteiger partial charge in [0.1, 0.15) is 54.4 Å². The summed E-state index contributed by atoms with van der Waals surface area (Å²) >= 11 is 0. The number of rotatable bonds is 3. The molecule has 34 atom stereocenters. The van der Waals surface area contributed by atoms with Crippen LogP contribution in [0.4, 0.5) is 0 Å². The Morgan fingerprint density at radius 3 is 1.89 bits per heavy atom. The lowest BCUT2D eigenvalue weighted by molar-refractivity contribution is -0.339. The standard InChI is InChI=1S/C60H88O20/c1-27-16-41-43(21-48-54(77-41)29(3)52(66)58-55(78-48)28(2)30(4)60(80-58)24-33(64)26-68-60)73-45-23-51-59(5,79-46(45)17-27)50(65)22-44-36(75-51)9-7-6-8-35-37(72-44)12-13-39-38(70-35)14-15-40-42(71-39)20-49-57(76-40)53(67)56-47(74-49)19-32(63)18-34(69-56)11-10-31(62)25-61/h6-7,10-15,27-58,61-67H,8-9,16-26H2,1-5H3/b7-6-,11-10+/t27-,28+,29+,30+,31+,32?,33+,34+,35-,36+,37+,38+,39-,40-,41+,42+,43-,44-,45+,46-,47+,48+,49-,50-,51-,52+,53-,54-,55-,56+,57-,58+,59+,60-/m1/s1. The van der Waals surface area contributed by atoms with Gasteiger partial charge in [-0.3, -0.25) is 0 Å². The van der Waals surface area contributed by atoms with Crippen molar-refractivity contribution in [3.05, 3.63) is 48.6 Å². The van der Waals surface area contributed by atoms with Crippen LogP contribution in [0.5, 0.6) is 0 Å². The molecule has 80 heavy (non-hydrogen) atoms. The van der Waals surface area contributed by atoms with Gasteiger partial charge in [-0.25, -0.2) is 0 Å². The van der Waals surface area contributed by atoms with E-state index in [0.29, 0.717) is 44.9 Å². The van der Waals surface area contributed by atoms with Crippen molar-refractivity contribution in [1.29, 1.82) is 0 Å². The molecule has 7 N–H and O–H groups in total. The van der Waals surface area contributed by atoms with Gasteiger partial charge in [-0.1, -0.05) is 76.3 Å². The van der Waals surface area contributed by atoms with Crippen molar-refractivity contribution in [3.63, 3.8) is 0 Å². The van der Waals surface area contributed by atoms with Crippen LogP contribution >= 0.6 is 0 Å². The summed E-state index contributed by atoms with van der Waals surface area (Å²) < 4.78 is 88.9. The van der Waals surface area contributed by atoms with E-state index in [9.17, 15) is 35.7 Å². The molecule has 0 saturated carbocycles. The molecule has 448 valence electrons. The fraction of sp³-hybridized carbons (Fsp3) is 0.867. The van der Waals surface area contributed by atoms with Gasteiger partial charge in [-0.15, -0.1) is 0 Å². The first-order valence-electron chi connectivity index (χ1n) is 30.4. The highest BCUT2D eigenvalue weighted by molar-refractivity contribution is 5.17. The summed E-state index contributed by atoms with van der Waals surface area (Å²) in [5, 5.41) is 76.9. The Hall–Kier alpha value is -1.84. The van der Waals surface area contributed by atoms with E-state index in [1.54, 1.807) is 6.08 Å². The Kier molecular flexibility index (Phi) is 16.3. The van der Waals surface area contributed by atoms with Crippen LogP contribution in [-0.2, 0) is 61.6 Å². The second-order valence-corrected chi connectivity index (χ2v) is 26.4. The maximum absolute atomic E-state index is 12.4. The van der Waals surface area contributed by atoms with E-state index in [4.69, 9.17) is 61.6 Å². The third kappa shape index (κ3) is 10.6. The molecule has 0 bridgehead atoms. The van der Waals surface area contributed by atoms with Gasteiger partial charge < -0.3 is 97.3 Å². The molecule has 0 amide bonds. The van der Waals surface area contributed by atoms with Crippen molar-refractivity contribution >= 4 is 0 Å². The van der Waals surface area contributed by atoms with Gasteiger partial charge in [0, 0.05) is 56.8 Å². The summed E-state index contributed by atoms with van der Waals surface area (Å²) in [7, 11) is 0. The van der Waals surface area contributed by atoms with E-state index in [1.807, 2.05) is 38.2 Å². The summed E-state index contributed by atoms with van der Waals surface area (Å²) in [6.07, 6.45) is 4.48. The Morgan fingerprint density at radius 1 is 0.512 bits per heavy atom. The molecule has 1 unspecified atom stereocenters. The molecule has 13 heterocycles. The first-order chi connectivity index (χ1) is 38.4. The molecule has 20 nitrogen and oxygen atoms in total. The van der Waals surface area contributed by atoms with Gasteiger partial charge in [0.25, 0.3) is 0 Å². The molecule has 10 saturated heterocycles. The molecule has 13 rings (SSSR count). The van der Waals surface area contributed by atoms with Crippen LogP contribution in [-0.4, -0.2) is 231 Å². The first kappa shape index (κ1) is 57.2. The molecule has 0 aromatic rings. The van der Waals surface area contributed by atoms with Crippen LogP contribution in [0.25, 0.3) is 0 Å². The Bertz CT molecular complexity index is 2290. The largest absolute Gasteiger partial charge is 0.393 e. The molecule has 0 aliphatic carbocycles. The smallest absolute Gasteiger partial charge is 0.174 e. The maximum Gasteiger partial charge on any atom is 0.174 e. The predicted molar refractivity (Wildman–Crippen MR) is 281 cm³/mol. The van der Waals surface area contributed by atoms with Crippen LogP contribution in [0, 0.1) is 23.7 Å². The lowest BCUT2D eigenvalue weighted by Gasteiger charge is -2.53. The SMILES string of the molecule is C[C@@H]1C[C@@H]2O[C@@H]3[C@@H](C)[C@H](O)[C@@H]4O[C@]5(C[C@H](O)CO5)[C@@H](C)[C@H](C)[C@H]4O[C@H]3C[C@H]2O[C@H]2C[C@H]3O[C@H]4C/C=C\C[C@H]5O[C@H]6C=C[C@H]7O[C@H]8[C@H](O)[C@H]9O[C@@H](/C=C/[C@H](O)CO)CC(O)C[C@@H]9O[C@@H]8C[C@@H]7O[C@@H]6C=C[C@@H]5O[C@@H]4C[C@@H](O)[C@]3(C)O[C@@H]2C1. The number of aliphatic hydroxyl groups excluding tert-OH is 7. The third-order valence-corrected chi connectivity index (χ3v) is 20.9. The average molecular weight is 1130 g/mol. The summed E-state index contributed by atoms with van der Waals surface area (Å²) in [5.74, 6) is -1.22. The van der Waals surface area contributed by atoms with E-state index in [0.717, 1.165) is 6.42 Å². The Balaban J connectivity index is 0.678. The molecule has 0 aromatic carbocycles.